The van der Waals surface area contributed by atoms with Gasteiger partial charge < -0.3 is 24.4 Å². The summed E-state index contributed by atoms with van der Waals surface area (Å²) >= 11 is 0. The minimum Gasteiger partial charge on any atom is -0.497 e. The van der Waals surface area contributed by atoms with E-state index < -0.39 is 79.1 Å². The van der Waals surface area contributed by atoms with Crippen LogP contribution >= 0.6 is 0 Å². The normalized spacial score (nSPS) is 23.9. The SMILES string of the molecule is C=CCN([C@@H]1[C@@H]2C=C[C@@]3(O2)[C@H](C(=O)NCc2ccccc2)N([C@@H](COC(C)=O)c2ccc(OC)cc2)C(=O)[C@@H]13)S(=O)(=O)c1ccccc1[N+](=O)[O-]. The van der Waals surface area contributed by atoms with Gasteiger partial charge in [-0.1, -0.05) is 72.8 Å². The number of nitrogens with one attached hydrogen (secondary N) is 1. The van der Waals surface area contributed by atoms with Crippen LogP contribution in [0.1, 0.15) is 24.1 Å². The van der Waals surface area contributed by atoms with Crippen molar-refractivity contribution < 1.29 is 41.9 Å². The number of hydrogen-bond acceptors (Lipinski definition) is 10. The van der Waals surface area contributed by atoms with E-state index in [1.54, 1.807) is 36.4 Å². The van der Waals surface area contributed by atoms with E-state index in [1.807, 2.05) is 30.3 Å². The molecule has 3 heterocycles. The van der Waals surface area contributed by atoms with Crippen LogP contribution in [-0.4, -0.2) is 84.4 Å². The largest absolute Gasteiger partial charge is 0.497 e. The lowest BCUT2D eigenvalue weighted by molar-refractivity contribution is -0.387. The maximum atomic E-state index is 15.0. The van der Waals surface area contributed by atoms with Crippen LogP contribution in [0.5, 0.6) is 5.75 Å². The predicted octanol–water partition coefficient (Wildman–Crippen LogP) is 3.30. The van der Waals surface area contributed by atoms with Crippen molar-refractivity contribution in [2.75, 3.05) is 20.3 Å². The Morgan fingerprint density at radius 1 is 1.12 bits per heavy atom. The molecule has 6 rings (SSSR count). The average molecular weight is 717 g/mol. The molecule has 3 aliphatic rings. The standard InChI is InChI=1S/C36H36N4O10S/c1-4-20-38(51(46,47)30-13-9-8-12-27(30)40(44)45)32-29-18-19-36(50-29)31(32)35(43)39(33(36)34(42)37-21-24-10-6-5-7-11-24)28(22-49-23(2)41)25-14-16-26(48-3)17-15-25/h4-19,28-29,31-33H,1,20-22H2,2-3H3,(H,37,42)/t28-,29-,31+,32+,33-,36-/m0/s1. The summed E-state index contributed by atoms with van der Waals surface area (Å²) in [6.07, 6.45) is 3.55. The number of esters is 1. The number of nitrogens with zero attached hydrogens (tertiary/aromatic N) is 3. The monoisotopic (exact) mass is 716 g/mol. The van der Waals surface area contributed by atoms with E-state index in [0.717, 1.165) is 22.0 Å². The van der Waals surface area contributed by atoms with Crippen molar-refractivity contribution in [3.63, 3.8) is 0 Å². The van der Waals surface area contributed by atoms with Gasteiger partial charge in [0.1, 0.15) is 24.0 Å². The Labute approximate surface area is 294 Å². The highest BCUT2D eigenvalue weighted by molar-refractivity contribution is 7.89. The number of sulfonamides is 1. The van der Waals surface area contributed by atoms with Crippen LogP contribution in [-0.2, 0) is 40.4 Å². The van der Waals surface area contributed by atoms with Gasteiger partial charge in [-0.2, -0.15) is 4.31 Å². The number of methoxy groups -OCH3 is 1. The number of nitro benzene ring substituents is 1. The first-order chi connectivity index (χ1) is 24.4. The van der Waals surface area contributed by atoms with Gasteiger partial charge in [-0.25, -0.2) is 8.42 Å². The van der Waals surface area contributed by atoms with Gasteiger partial charge in [0, 0.05) is 26.1 Å². The molecule has 0 radical (unpaired) electrons. The molecule has 51 heavy (non-hydrogen) atoms. The molecule has 2 saturated heterocycles. The van der Waals surface area contributed by atoms with Crippen LogP contribution in [0.2, 0.25) is 0 Å². The molecule has 2 amide bonds. The highest BCUT2D eigenvalue weighted by atomic mass is 32.2. The lowest BCUT2D eigenvalue weighted by Gasteiger charge is -2.36. The summed E-state index contributed by atoms with van der Waals surface area (Å²) in [6.45, 7) is 4.39. The predicted molar refractivity (Wildman–Crippen MR) is 182 cm³/mol. The van der Waals surface area contributed by atoms with Crippen LogP contribution in [0.3, 0.4) is 0 Å². The molecule has 3 aromatic rings. The average Bonchev–Trinajstić information content (AvgIpc) is 3.77. The zero-order valence-electron chi connectivity index (χ0n) is 27.8. The number of nitro groups is 1. The highest BCUT2D eigenvalue weighted by Gasteiger charge is 2.74. The van der Waals surface area contributed by atoms with Crippen LogP contribution in [0, 0.1) is 16.0 Å². The van der Waals surface area contributed by atoms with E-state index in [4.69, 9.17) is 14.2 Å². The zero-order valence-corrected chi connectivity index (χ0v) is 28.6. The van der Waals surface area contributed by atoms with Crippen molar-refractivity contribution in [2.24, 2.45) is 5.92 Å². The van der Waals surface area contributed by atoms with Crippen molar-refractivity contribution in [1.82, 2.24) is 14.5 Å². The summed E-state index contributed by atoms with van der Waals surface area (Å²) in [5, 5.41) is 14.9. The second-order valence-corrected chi connectivity index (χ2v) is 14.2. The number of rotatable bonds is 14. The maximum Gasteiger partial charge on any atom is 0.302 e. The molecule has 0 unspecified atom stereocenters. The van der Waals surface area contributed by atoms with Crippen molar-refractivity contribution in [2.45, 2.75) is 48.2 Å². The quantitative estimate of drug-likeness (QED) is 0.113. The Kier molecular flexibility index (Phi) is 9.79. The molecule has 1 N–H and O–H groups in total. The molecule has 0 aromatic heterocycles. The smallest absolute Gasteiger partial charge is 0.302 e. The minimum atomic E-state index is -4.66. The number of para-hydroxylation sites is 1. The summed E-state index contributed by atoms with van der Waals surface area (Å²) in [7, 11) is -3.16. The van der Waals surface area contributed by atoms with Crippen molar-refractivity contribution >= 4 is 33.5 Å². The van der Waals surface area contributed by atoms with Crippen molar-refractivity contribution in [3.05, 3.63) is 125 Å². The first-order valence-corrected chi connectivity index (χ1v) is 17.5. The highest BCUT2D eigenvalue weighted by Crippen LogP contribution is 2.56. The molecular weight excluding hydrogens is 680 g/mol. The van der Waals surface area contributed by atoms with E-state index in [1.165, 1.54) is 37.1 Å². The molecule has 2 fully saturated rings. The molecule has 15 heteroatoms. The zero-order chi connectivity index (χ0) is 36.5. The Balaban J connectivity index is 1.48. The number of amides is 2. The fourth-order valence-corrected chi connectivity index (χ4v) is 9.02. The number of carbonyl (C=O) groups is 3. The molecular formula is C36H36N4O10S. The summed E-state index contributed by atoms with van der Waals surface area (Å²) < 4.78 is 47.0. The van der Waals surface area contributed by atoms with Crippen LogP contribution in [0.4, 0.5) is 5.69 Å². The van der Waals surface area contributed by atoms with Gasteiger partial charge >= 0.3 is 5.97 Å². The molecule has 6 atom stereocenters. The third-order valence-corrected chi connectivity index (χ3v) is 11.3. The number of benzene rings is 3. The molecule has 14 nitrogen and oxygen atoms in total. The Bertz CT molecular complexity index is 1990. The van der Waals surface area contributed by atoms with Crippen LogP contribution in [0.15, 0.2) is 109 Å². The lowest BCUT2D eigenvalue weighted by atomic mass is 9.78. The van der Waals surface area contributed by atoms with Gasteiger partial charge in [-0.15, -0.1) is 6.58 Å². The van der Waals surface area contributed by atoms with Gasteiger partial charge in [0.25, 0.3) is 15.7 Å². The number of fused-ring (bicyclic) bond motifs is 1. The van der Waals surface area contributed by atoms with Gasteiger partial charge in [0.2, 0.25) is 11.8 Å². The van der Waals surface area contributed by atoms with E-state index in [-0.39, 0.29) is 19.7 Å². The lowest BCUT2D eigenvalue weighted by Crippen LogP contribution is -2.56. The van der Waals surface area contributed by atoms with E-state index >= 15 is 4.79 Å². The molecule has 2 bridgehead atoms. The van der Waals surface area contributed by atoms with Gasteiger partial charge in [-0.05, 0) is 29.3 Å². The van der Waals surface area contributed by atoms with E-state index in [0.29, 0.717) is 11.3 Å². The van der Waals surface area contributed by atoms with E-state index in [2.05, 4.69) is 11.9 Å². The third kappa shape index (κ3) is 6.28. The second-order valence-electron chi connectivity index (χ2n) is 12.3. The summed E-state index contributed by atoms with van der Waals surface area (Å²) in [4.78, 5) is 53.5. The Morgan fingerprint density at radius 3 is 2.45 bits per heavy atom. The molecule has 1 spiro atoms. The number of carbonyl (C=O) groups excluding carboxylic acids is 3. The van der Waals surface area contributed by atoms with Crippen molar-refractivity contribution in [3.8, 4) is 5.75 Å². The molecule has 3 aromatic carbocycles. The van der Waals surface area contributed by atoms with Gasteiger partial charge in [-0.3, -0.25) is 24.5 Å². The molecule has 3 aliphatic heterocycles. The number of hydrogen-bond donors (Lipinski definition) is 1. The van der Waals surface area contributed by atoms with E-state index in [9.17, 15) is 28.1 Å². The molecule has 266 valence electrons. The summed E-state index contributed by atoms with van der Waals surface area (Å²) in [6, 6.07) is 17.2. The molecule has 0 saturated carbocycles. The minimum absolute atomic E-state index is 0.112. The fraction of sp³-hybridized carbons (Fsp3) is 0.306. The maximum absolute atomic E-state index is 15.0. The first-order valence-electron chi connectivity index (χ1n) is 16.1. The Morgan fingerprint density at radius 2 is 1.80 bits per heavy atom. The van der Waals surface area contributed by atoms with Crippen molar-refractivity contribution in [1.29, 1.82) is 0 Å². The number of ether oxygens (including phenoxy) is 3. The van der Waals surface area contributed by atoms with Gasteiger partial charge in [0.05, 0.1) is 36.1 Å². The van der Waals surface area contributed by atoms with Gasteiger partial charge in [0.15, 0.2) is 4.90 Å². The topological polar surface area (TPSA) is 175 Å². The Hall–Kier alpha value is -5.38. The first kappa shape index (κ1) is 35.4. The molecule has 0 aliphatic carbocycles. The number of likely N-dealkylation sites (tertiary alicyclic amines) is 1. The van der Waals surface area contributed by atoms with Crippen LogP contribution in [0.25, 0.3) is 0 Å². The van der Waals surface area contributed by atoms with Crippen LogP contribution < -0.4 is 10.1 Å². The third-order valence-electron chi connectivity index (χ3n) is 9.41. The summed E-state index contributed by atoms with van der Waals surface area (Å²) in [5.41, 5.74) is -1.00. The second kappa shape index (κ2) is 14.1. The summed E-state index contributed by atoms with van der Waals surface area (Å²) in [5.74, 6) is -2.59. The fourth-order valence-electron chi connectivity index (χ4n) is 7.24.